The quantitative estimate of drug-likeness (QED) is 0.420. The fourth-order valence-corrected chi connectivity index (χ4v) is 2.67. The first-order chi connectivity index (χ1) is 12.4. The topological polar surface area (TPSA) is 82.8 Å². The number of benzene rings is 1. The molecular formula is C18H24N4O3S. The molecule has 7 nitrogen and oxygen atoms in total. The van der Waals surface area contributed by atoms with E-state index in [0.29, 0.717) is 18.8 Å². The maximum atomic E-state index is 12.1. The summed E-state index contributed by atoms with van der Waals surface area (Å²) in [5, 5.41) is 10.6. The average Bonchev–Trinajstić information content (AvgIpc) is 2.58. The van der Waals surface area contributed by atoms with Gasteiger partial charge in [-0.15, -0.1) is 0 Å². The van der Waals surface area contributed by atoms with Crippen molar-refractivity contribution in [1.29, 1.82) is 0 Å². The van der Waals surface area contributed by atoms with Gasteiger partial charge >= 0.3 is 0 Å². The summed E-state index contributed by atoms with van der Waals surface area (Å²) in [5.41, 5.74) is 0.234. The molecule has 0 spiro atoms. The molecule has 0 amide bonds. The van der Waals surface area contributed by atoms with Crippen molar-refractivity contribution in [2.24, 2.45) is 4.99 Å². The molecule has 1 heterocycles. The van der Waals surface area contributed by atoms with Crippen molar-refractivity contribution in [3.8, 4) is 17.3 Å². The standard InChI is InChI=1S/C18H24N4O3S/c1-4-25-14-8-6-13(7-9-14)22-17(24)15(16(23)20-18(22)26)12-19-10-5-11-21(2)3/h6-9,12,24H,4-5,10-11H2,1-3H3,(H,20,23,26). The number of aromatic hydroxyl groups is 1. The molecule has 2 aromatic rings. The summed E-state index contributed by atoms with van der Waals surface area (Å²) >= 11 is 5.20. The lowest BCUT2D eigenvalue weighted by molar-refractivity contribution is 0.340. The van der Waals surface area contributed by atoms with Crippen LogP contribution < -0.4 is 10.3 Å². The Morgan fingerprint density at radius 1 is 1.35 bits per heavy atom. The average molecular weight is 376 g/mol. The number of aliphatic imine (C=N–C) groups is 1. The van der Waals surface area contributed by atoms with Crippen LogP contribution in [0.15, 0.2) is 34.1 Å². The molecule has 0 aliphatic rings. The summed E-state index contributed by atoms with van der Waals surface area (Å²) < 4.78 is 6.92. The molecule has 2 N–H and O–H groups in total. The van der Waals surface area contributed by atoms with Crippen LogP contribution >= 0.6 is 12.2 Å². The van der Waals surface area contributed by atoms with Gasteiger partial charge in [0, 0.05) is 12.8 Å². The van der Waals surface area contributed by atoms with Gasteiger partial charge in [0.05, 0.1) is 12.3 Å². The van der Waals surface area contributed by atoms with E-state index in [1.165, 1.54) is 10.8 Å². The molecule has 0 bridgehead atoms. The Hall–Kier alpha value is -2.45. The van der Waals surface area contributed by atoms with Crippen LogP contribution in [0.1, 0.15) is 18.9 Å². The highest BCUT2D eigenvalue weighted by Crippen LogP contribution is 2.21. The minimum absolute atomic E-state index is 0.0809. The van der Waals surface area contributed by atoms with E-state index < -0.39 is 5.56 Å². The first-order valence-electron chi connectivity index (χ1n) is 8.40. The molecule has 0 aliphatic heterocycles. The number of hydrogen-bond donors (Lipinski definition) is 2. The number of nitrogens with zero attached hydrogens (tertiary/aromatic N) is 3. The van der Waals surface area contributed by atoms with Crippen LogP contribution in [0.3, 0.4) is 0 Å². The van der Waals surface area contributed by atoms with Crippen molar-refractivity contribution in [3.63, 3.8) is 0 Å². The van der Waals surface area contributed by atoms with Gasteiger partial charge in [-0.2, -0.15) is 0 Å². The summed E-state index contributed by atoms with van der Waals surface area (Å²) in [4.78, 5) is 21.0. The third-order valence-electron chi connectivity index (χ3n) is 3.64. The molecule has 0 radical (unpaired) electrons. The molecule has 0 unspecified atom stereocenters. The Labute approximate surface area is 157 Å². The maximum Gasteiger partial charge on any atom is 0.264 e. The number of hydrogen-bond acceptors (Lipinski definition) is 6. The van der Waals surface area contributed by atoms with E-state index >= 15 is 0 Å². The van der Waals surface area contributed by atoms with Gasteiger partial charge in [-0.05, 0) is 70.5 Å². The van der Waals surface area contributed by atoms with Crippen LogP contribution in [0.25, 0.3) is 5.69 Å². The number of rotatable bonds is 8. The Morgan fingerprint density at radius 2 is 2.04 bits per heavy atom. The predicted octanol–water partition coefficient (Wildman–Crippen LogP) is 2.37. The van der Waals surface area contributed by atoms with Gasteiger partial charge in [-0.1, -0.05) is 0 Å². The van der Waals surface area contributed by atoms with Crippen LogP contribution in [0.4, 0.5) is 0 Å². The second kappa shape index (κ2) is 9.30. The number of ether oxygens (including phenoxy) is 1. The molecule has 0 saturated carbocycles. The van der Waals surface area contributed by atoms with Crippen LogP contribution in [0.5, 0.6) is 11.6 Å². The summed E-state index contributed by atoms with van der Waals surface area (Å²) in [6.45, 7) is 3.94. The van der Waals surface area contributed by atoms with Crippen LogP contribution in [0.2, 0.25) is 0 Å². The Morgan fingerprint density at radius 3 is 2.65 bits per heavy atom. The molecule has 0 saturated heterocycles. The molecule has 8 heteroatoms. The van der Waals surface area contributed by atoms with Crippen LogP contribution in [0, 0.1) is 4.77 Å². The van der Waals surface area contributed by atoms with E-state index in [0.717, 1.165) is 18.7 Å². The first-order valence-corrected chi connectivity index (χ1v) is 8.81. The highest BCUT2D eigenvalue weighted by atomic mass is 32.1. The fraction of sp³-hybridized carbons (Fsp3) is 0.389. The predicted molar refractivity (Wildman–Crippen MR) is 106 cm³/mol. The summed E-state index contributed by atoms with van der Waals surface area (Å²) in [5.74, 6) is 0.480. The molecule has 0 aliphatic carbocycles. The zero-order valence-corrected chi connectivity index (χ0v) is 16.0. The highest BCUT2D eigenvalue weighted by Gasteiger charge is 2.12. The van der Waals surface area contributed by atoms with E-state index in [2.05, 4.69) is 14.9 Å². The van der Waals surface area contributed by atoms with Gasteiger partial charge in [-0.25, -0.2) is 0 Å². The normalized spacial score (nSPS) is 11.4. The minimum Gasteiger partial charge on any atom is -0.494 e. The molecule has 1 aromatic carbocycles. The highest BCUT2D eigenvalue weighted by molar-refractivity contribution is 7.71. The maximum absolute atomic E-state index is 12.1. The summed E-state index contributed by atoms with van der Waals surface area (Å²) in [6, 6.07) is 7.08. The van der Waals surface area contributed by atoms with E-state index in [4.69, 9.17) is 17.0 Å². The van der Waals surface area contributed by atoms with Crippen molar-refractivity contribution >= 4 is 18.4 Å². The lowest BCUT2D eigenvalue weighted by Gasteiger charge is -2.12. The fourth-order valence-electron chi connectivity index (χ4n) is 2.39. The molecular weight excluding hydrogens is 352 g/mol. The molecule has 26 heavy (non-hydrogen) atoms. The monoisotopic (exact) mass is 376 g/mol. The van der Waals surface area contributed by atoms with Crippen molar-refractivity contribution in [1.82, 2.24) is 14.5 Å². The lowest BCUT2D eigenvalue weighted by Crippen LogP contribution is -2.18. The smallest absolute Gasteiger partial charge is 0.264 e. The number of H-pyrrole nitrogens is 1. The summed E-state index contributed by atoms with van der Waals surface area (Å²) in [6.07, 6.45) is 2.25. The Kier molecular flexibility index (Phi) is 7.11. The van der Waals surface area contributed by atoms with Gasteiger partial charge in [0.1, 0.15) is 11.3 Å². The van der Waals surface area contributed by atoms with Crippen molar-refractivity contribution in [3.05, 3.63) is 45.0 Å². The van der Waals surface area contributed by atoms with Gasteiger partial charge in [0.25, 0.3) is 5.56 Å². The van der Waals surface area contributed by atoms with Gasteiger partial charge in [-0.3, -0.25) is 19.3 Å². The van der Waals surface area contributed by atoms with Crippen molar-refractivity contribution < 1.29 is 9.84 Å². The van der Waals surface area contributed by atoms with Gasteiger partial charge in [0.2, 0.25) is 5.88 Å². The van der Waals surface area contributed by atoms with E-state index in [1.807, 2.05) is 21.0 Å². The van der Waals surface area contributed by atoms with E-state index in [-0.39, 0.29) is 16.2 Å². The first kappa shape index (κ1) is 19.9. The molecule has 2 rings (SSSR count). The van der Waals surface area contributed by atoms with E-state index in [1.54, 1.807) is 24.3 Å². The lowest BCUT2D eigenvalue weighted by atomic mass is 10.2. The Bertz CT molecular complexity index is 869. The second-order valence-corrected chi connectivity index (χ2v) is 6.34. The van der Waals surface area contributed by atoms with Gasteiger partial charge < -0.3 is 14.7 Å². The Balaban J connectivity index is 2.32. The third kappa shape index (κ3) is 5.03. The van der Waals surface area contributed by atoms with E-state index in [9.17, 15) is 9.90 Å². The molecule has 140 valence electrons. The largest absolute Gasteiger partial charge is 0.494 e. The third-order valence-corrected chi connectivity index (χ3v) is 3.92. The van der Waals surface area contributed by atoms with Crippen LogP contribution in [-0.4, -0.2) is 59.6 Å². The van der Waals surface area contributed by atoms with Gasteiger partial charge in [0.15, 0.2) is 4.77 Å². The zero-order valence-electron chi connectivity index (χ0n) is 15.2. The van der Waals surface area contributed by atoms with Crippen LogP contribution in [-0.2, 0) is 0 Å². The molecule has 0 fully saturated rings. The van der Waals surface area contributed by atoms with Crippen molar-refractivity contribution in [2.75, 3.05) is 33.8 Å². The number of nitrogens with one attached hydrogen (secondary N) is 1. The molecule has 1 aromatic heterocycles. The minimum atomic E-state index is -0.467. The molecule has 0 atom stereocenters. The number of aromatic nitrogens is 2. The van der Waals surface area contributed by atoms with Crippen molar-refractivity contribution in [2.45, 2.75) is 13.3 Å². The summed E-state index contributed by atoms with van der Waals surface area (Å²) in [7, 11) is 3.98. The SMILES string of the molecule is CCOc1ccc(-n2c(O)c(C=NCCCN(C)C)c(=O)[nH]c2=S)cc1. The number of aromatic amines is 1. The second-order valence-electron chi connectivity index (χ2n) is 5.95. The zero-order chi connectivity index (χ0) is 19.1.